The number of imidazole rings is 1. The molecule has 0 fully saturated rings. The summed E-state index contributed by atoms with van der Waals surface area (Å²) in [7, 11) is 0. The van der Waals surface area contributed by atoms with Gasteiger partial charge in [0.15, 0.2) is 5.58 Å². The van der Waals surface area contributed by atoms with E-state index < -0.39 is 0 Å². The molecule has 0 radical (unpaired) electrons. The fraction of sp³-hybridized carbons (Fsp3) is 0. The van der Waals surface area contributed by atoms with E-state index in [1.165, 1.54) is 0 Å². The summed E-state index contributed by atoms with van der Waals surface area (Å²) in [5.41, 5.74) is 5.90. The molecule has 0 spiro atoms. The maximum Gasteiger partial charge on any atom is 0.160 e. The van der Waals surface area contributed by atoms with E-state index in [1.54, 1.807) is 0 Å². The molecule has 0 aliphatic heterocycles. The summed E-state index contributed by atoms with van der Waals surface area (Å²) in [5, 5.41) is 3.28. The molecule has 0 saturated heterocycles. The van der Waals surface area contributed by atoms with Crippen molar-refractivity contribution in [1.29, 1.82) is 0 Å². The Balaban J connectivity index is 2.07. The first-order chi connectivity index (χ1) is 12.3. The Morgan fingerprint density at radius 2 is 1.64 bits per heavy atom. The zero-order valence-electron chi connectivity index (χ0n) is 13.0. The van der Waals surface area contributed by atoms with Crippen molar-refractivity contribution in [3.8, 4) is 0 Å². The lowest BCUT2D eigenvalue weighted by molar-refractivity contribution is 0.672. The van der Waals surface area contributed by atoms with E-state index in [0.717, 1.165) is 54.0 Å². The van der Waals surface area contributed by atoms with E-state index in [2.05, 4.69) is 56.7 Å². The number of para-hydroxylation sites is 2. The van der Waals surface area contributed by atoms with Crippen molar-refractivity contribution in [3.63, 3.8) is 0 Å². The predicted molar refractivity (Wildman–Crippen MR) is 105 cm³/mol. The van der Waals surface area contributed by atoms with E-state index >= 15 is 0 Å². The van der Waals surface area contributed by atoms with E-state index in [-0.39, 0.29) is 0 Å². The second-order valence-electron chi connectivity index (χ2n) is 6.23. The quantitative estimate of drug-likeness (QED) is 0.306. The van der Waals surface area contributed by atoms with Crippen LogP contribution < -0.4 is 0 Å². The monoisotopic (exact) mass is 386 g/mol. The molecule has 0 saturated carbocycles. The van der Waals surface area contributed by atoms with Crippen molar-refractivity contribution in [2.45, 2.75) is 0 Å². The molecule has 0 aliphatic rings. The largest absolute Gasteiger partial charge is 0.454 e. The Morgan fingerprint density at radius 3 is 2.56 bits per heavy atom. The fourth-order valence-corrected chi connectivity index (χ4v) is 4.13. The van der Waals surface area contributed by atoms with Gasteiger partial charge in [-0.2, -0.15) is 0 Å². The molecule has 0 aliphatic carbocycles. The van der Waals surface area contributed by atoms with Crippen molar-refractivity contribution >= 4 is 65.5 Å². The molecule has 118 valence electrons. The van der Waals surface area contributed by atoms with Gasteiger partial charge in [-0.05, 0) is 30.3 Å². The third-order valence-electron chi connectivity index (χ3n) is 4.82. The lowest BCUT2D eigenvalue weighted by Crippen LogP contribution is -1.89. The first-order valence-corrected chi connectivity index (χ1v) is 8.90. The summed E-state index contributed by atoms with van der Waals surface area (Å²) in [5.74, 6) is 0. The van der Waals surface area contributed by atoms with E-state index in [1.807, 2.05) is 30.3 Å². The first kappa shape index (κ1) is 13.4. The van der Waals surface area contributed by atoms with Crippen LogP contribution in [-0.2, 0) is 0 Å². The molecule has 6 rings (SSSR count). The van der Waals surface area contributed by atoms with Crippen LogP contribution in [-0.4, -0.2) is 9.38 Å². The summed E-state index contributed by atoms with van der Waals surface area (Å²) < 4.78 is 9.54. The van der Waals surface area contributed by atoms with Crippen LogP contribution in [0.3, 0.4) is 0 Å². The molecular formula is C21H11BrN2O. The maximum absolute atomic E-state index is 6.28. The molecule has 3 aromatic carbocycles. The van der Waals surface area contributed by atoms with Crippen LogP contribution in [0.5, 0.6) is 0 Å². The maximum atomic E-state index is 6.28. The number of rotatable bonds is 0. The van der Waals surface area contributed by atoms with Crippen LogP contribution in [0.25, 0.3) is 49.5 Å². The summed E-state index contributed by atoms with van der Waals surface area (Å²) in [6.07, 6.45) is 0. The Kier molecular flexibility index (Phi) is 2.48. The number of pyridine rings is 1. The Labute approximate surface area is 150 Å². The molecule has 3 nitrogen and oxygen atoms in total. The summed E-state index contributed by atoms with van der Waals surface area (Å²) in [4.78, 5) is 4.91. The molecule has 0 bridgehead atoms. The van der Waals surface area contributed by atoms with Crippen LogP contribution in [0, 0.1) is 0 Å². The highest BCUT2D eigenvalue weighted by molar-refractivity contribution is 9.10. The minimum atomic E-state index is 0.883. The lowest BCUT2D eigenvalue weighted by Gasteiger charge is -2.04. The summed E-state index contributed by atoms with van der Waals surface area (Å²) in [6.45, 7) is 0. The Morgan fingerprint density at radius 1 is 0.840 bits per heavy atom. The normalized spacial score (nSPS) is 12.2. The zero-order valence-corrected chi connectivity index (χ0v) is 14.6. The van der Waals surface area contributed by atoms with Crippen molar-refractivity contribution in [3.05, 3.63) is 71.2 Å². The smallest absolute Gasteiger partial charge is 0.160 e. The number of hydrogen-bond acceptors (Lipinski definition) is 2. The molecule has 0 unspecified atom stereocenters. The standard InChI is InChI=1S/C21H11BrN2O/c22-12-9-10-18-15(11-12)19-20(25-18)13-5-1-2-6-14(13)21-23-16-7-3-4-8-17(16)24(19)21/h1-11H. The highest BCUT2D eigenvalue weighted by atomic mass is 79.9. The summed E-state index contributed by atoms with van der Waals surface area (Å²) in [6, 6.07) is 22.7. The third-order valence-corrected chi connectivity index (χ3v) is 5.31. The zero-order chi connectivity index (χ0) is 16.5. The molecule has 0 N–H and O–H groups in total. The van der Waals surface area contributed by atoms with E-state index in [9.17, 15) is 0 Å². The number of hydrogen-bond donors (Lipinski definition) is 0. The first-order valence-electron chi connectivity index (χ1n) is 8.11. The molecule has 4 heteroatoms. The van der Waals surface area contributed by atoms with Crippen LogP contribution in [0.4, 0.5) is 0 Å². The minimum absolute atomic E-state index is 0.883. The second-order valence-corrected chi connectivity index (χ2v) is 7.14. The number of fused-ring (bicyclic) bond motifs is 10. The van der Waals surface area contributed by atoms with Crippen LogP contribution >= 0.6 is 15.9 Å². The van der Waals surface area contributed by atoms with Gasteiger partial charge in [0.25, 0.3) is 0 Å². The van der Waals surface area contributed by atoms with Gasteiger partial charge in [0.2, 0.25) is 0 Å². The van der Waals surface area contributed by atoms with Gasteiger partial charge in [0.05, 0.1) is 11.0 Å². The van der Waals surface area contributed by atoms with E-state index in [0.29, 0.717) is 0 Å². The van der Waals surface area contributed by atoms with Crippen molar-refractivity contribution in [2.24, 2.45) is 0 Å². The molecule has 3 heterocycles. The van der Waals surface area contributed by atoms with E-state index in [4.69, 9.17) is 9.40 Å². The topological polar surface area (TPSA) is 30.4 Å². The molecule has 0 atom stereocenters. The van der Waals surface area contributed by atoms with Gasteiger partial charge in [-0.15, -0.1) is 0 Å². The average Bonchev–Trinajstić information content (AvgIpc) is 3.20. The van der Waals surface area contributed by atoms with Crippen LogP contribution in [0.2, 0.25) is 0 Å². The SMILES string of the molecule is Brc1ccc2oc3c4ccccc4c4nc5ccccc5n4c3c2c1. The van der Waals surface area contributed by atoms with Gasteiger partial charge in [0.1, 0.15) is 16.7 Å². The lowest BCUT2D eigenvalue weighted by atomic mass is 10.1. The highest BCUT2D eigenvalue weighted by Gasteiger charge is 2.18. The molecule has 25 heavy (non-hydrogen) atoms. The minimum Gasteiger partial charge on any atom is -0.454 e. The highest BCUT2D eigenvalue weighted by Crippen LogP contribution is 2.38. The number of benzene rings is 3. The van der Waals surface area contributed by atoms with Crippen LogP contribution in [0.1, 0.15) is 0 Å². The van der Waals surface area contributed by atoms with Gasteiger partial charge in [-0.3, -0.25) is 4.40 Å². The second kappa shape index (κ2) is 4.61. The van der Waals surface area contributed by atoms with Crippen molar-refractivity contribution < 1.29 is 4.42 Å². The van der Waals surface area contributed by atoms with Gasteiger partial charge in [-0.25, -0.2) is 4.98 Å². The Bertz CT molecular complexity index is 1460. The number of nitrogens with zero attached hydrogens (tertiary/aromatic N) is 2. The summed E-state index contributed by atoms with van der Waals surface area (Å²) >= 11 is 3.59. The molecule has 3 aromatic heterocycles. The average molecular weight is 387 g/mol. The number of aromatic nitrogens is 2. The van der Waals surface area contributed by atoms with Crippen molar-refractivity contribution in [1.82, 2.24) is 9.38 Å². The molecule has 6 aromatic rings. The predicted octanol–water partition coefficient (Wildman–Crippen LogP) is 6.30. The van der Waals surface area contributed by atoms with Gasteiger partial charge >= 0.3 is 0 Å². The molecule has 0 amide bonds. The van der Waals surface area contributed by atoms with Crippen LogP contribution in [0.15, 0.2) is 75.6 Å². The number of furan rings is 1. The molecular weight excluding hydrogens is 376 g/mol. The third kappa shape index (κ3) is 1.67. The van der Waals surface area contributed by atoms with Gasteiger partial charge < -0.3 is 4.42 Å². The van der Waals surface area contributed by atoms with Gasteiger partial charge in [0, 0.05) is 20.6 Å². The fourth-order valence-electron chi connectivity index (χ4n) is 3.77. The van der Waals surface area contributed by atoms with Gasteiger partial charge in [-0.1, -0.05) is 52.3 Å². The Hall–Kier alpha value is -2.85. The van der Waals surface area contributed by atoms with Crippen molar-refractivity contribution in [2.75, 3.05) is 0 Å². The number of halogens is 1.